The normalized spacial score (nSPS) is 12.4. The van der Waals surface area contributed by atoms with Gasteiger partial charge >= 0.3 is 11.9 Å². The van der Waals surface area contributed by atoms with Crippen LogP contribution in [0.2, 0.25) is 0 Å². The third-order valence-electron chi connectivity index (χ3n) is 9.18. The van der Waals surface area contributed by atoms with Gasteiger partial charge in [0.1, 0.15) is 6.10 Å². The van der Waals surface area contributed by atoms with Crippen LogP contribution in [0.15, 0.2) is 24.3 Å². The van der Waals surface area contributed by atoms with E-state index in [2.05, 4.69) is 38.2 Å². The Morgan fingerprint density at radius 1 is 0.478 bits per heavy atom. The summed E-state index contributed by atoms with van der Waals surface area (Å²) in [6.45, 7) is 4.52. The summed E-state index contributed by atoms with van der Waals surface area (Å²) in [6.07, 6.45) is 47.8. The van der Waals surface area contributed by atoms with Crippen molar-refractivity contribution < 1.29 is 19.4 Å². The van der Waals surface area contributed by atoms with Crippen molar-refractivity contribution >= 4 is 11.9 Å². The summed E-state index contributed by atoms with van der Waals surface area (Å²) >= 11 is 0. The highest BCUT2D eigenvalue weighted by atomic mass is 16.5. The lowest BCUT2D eigenvalue weighted by atomic mass is 10.0. The second kappa shape index (κ2) is 37.9. The van der Waals surface area contributed by atoms with Crippen molar-refractivity contribution in [3.63, 3.8) is 0 Å². The van der Waals surface area contributed by atoms with E-state index in [0.29, 0.717) is 12.8 Å². The molecule has 0 saturated carbocycles. The van der Waals surface area contributed by atoms with Crippen LogP contribution >= 0.6 is 0 Å². The van der Waals surface area contributed by atoms with Gasteiger partial charge in [-0.2, -0.15) is 0 Å². The van der Waals surface area contributed by atoms with Crippen molar-refractivity contribution in [2.45, 2.75) is 232 Å². The van der Waals surface area contributed by atoms with Gasteiger partial charge in [-0.25, -0.2) is 0 Å². The standard InChI is InChI=1S/C42H78O4/c1-3-5-7-9-11-13-14-15-16-17-18-23-27-31-35-39-42(45)46-40(36-32-28-24-12-10-8-6-4-2)37-33-29-25-21-19-20-22-26-30-34-38-41(43)44/h11,13,15-16,40H,3-10,12,14,17-39H2,1-2H3,(H,43,44)/b13-11-,16-15-. The molecule has 0 amide bonds. The van der Waals surface area contributed by atoms with Crippen LogP contribution in [0.25, 0.3) is 0 Å². The molecule has 0 radical (unpaired) electrons. The molecule has 0 rings (SSSR count). The van der Waals surface area contributed by atoms with Crippen LogP contribution < -0.4 is 0 Å². The summed E-state index contributed by atoms with van der Waals surface area (Å²) in [7, 11) is 0. The quantitative estimate of drug-likeness (QED) is 0.0414. The molecule has 0 fully saturated rings. The molecular formula is C42H78O4. The third kappa shape index (κ3) is 36.9. The van der Waals surface area contributed by atoms with Crippen LogP contribution in [0.4, 0.5) is 0 Å². The molecule has 4 heteroatoms. The molecule has 270 valence electrons. The van der Waals surface area contributed by atoms with Crippen LogP contribution in [0, 0.1) is 0 Å². The molecule has 0 aliphatic heterocycles. The summed E-state index contributed by atoms with van der Waals surface area (Å²) in [5.41, 5.74) is 0. The topological polar surface area (TPSA) is 63.6 Å². The zero-order valence-corrected chi connectivity index (χ0v) is 30.9. The van der Waals surface area contributed by atoms with E-state index in [1.54, 1.807) is 0 Å². The Morgan fingerprint density at radius 2 is 0.848 bits per heavy atom. The Hall–Kier alpha value is -1.58. The Morgan fingerprint density at radius 3 is 1.33 bits per heavy atom. The monoisotopic (exact) mass is 647 g/mol. The summed E-state index contributed by atoms with van der Waals surface area (Å²) in [5.74, 6) is -0.648. The van der Waals surface area contributed by atoms with E-state index in [1.807, 2.05) is 0 Å². The smallest absolute Gasteiger partial charge is 0.306 e. The first-order valence-electron chi connectivity index (χ1n) is 20.3. The first-order chi connectivity index (χ1) is 22.6. The maximum absolute atomic E-state index is 12.7. The number of carbonyl (C=O) groups excluding carboxylic acids is 1. The SMILES string of the molecule is CCCCC/C=C\C/C=C\CCCCCCCC(=O)OC(CCCCCCCCCC)CCCCCCCCCCCCC(=O)O. The number of aliphatic carboxylic acids is 1. The average molecular weight is 647 g/mol. The fraction of sp³-hybridized carbons (Fsp3) is 0.857. The minimum atomic E-state index is -0.674. The van der Waals surface area contributed by atoms with E-state index in [1.165, 1.54) is 141 Å². The molecule has 46 heavy (non-hydrogen) atoms. The Kier molecular flexibility index (Phi) is 36.6. The van der Waals surface area contributed by atoms with E-state index < -0.39 is 5.97 Å². The molecule has 0 spiro atoms. The third-order valence-corrected chi connectivity index (χ3v) is 9.18. The lowest BCUT2D eigenvalue weighted by Gasteiger charge is -2.18. The predicted octanol–water partition coefficient (Wildman–Crippen LogP) is 14.0. The molecule has 0 aliphatic rings. The molecule has 1 N–H and O–H groups in total. The van der Waals surface area contributed by atoms with Gasteiger partial charge in [0.05, 0.1) is 0 Å². The summed E-state index contributed by atoms with van der Waals surface area (Å²) in [4.78, 5) is 23.3. The van der Waals surface area contributed by atoms with Crippen molar-refractivity contribution in [2.75, 3.05) is 0 Å². The zero-order valence-electron chi connectivity index (χ0n) is 30.9. The molecule has 4 nitrogen and oxygen atoms in total. The highest BCUT2D eigenvalue weighted by molar-refractivity contribution is 5.69. The molecule has 1 atom stereocenters. The number of rotatable bonds is 37. The van der Waals surface area contributed by atoms with Crippen LogP contribution in [-0.2, 0) is 14.3 Å². The molecule has 0 bridgehead atoms. The number of hydrogen-bond acceptors (Lipinski definition) is 3. The minimum absolute atomic E-state index is 0.0265. The number of unbranched alkanes of at least 4 members (excludes halogenated alkanes) is 24. The van der Waals surface area contributed by atoms with Crippen molar-refractivity contribution in [3.8, 4) is 0 Å². The highest BCUT2D eigenvalue weighted by Gasteiger charge is 2.14. The Labute approximate surface area is 287 Å². The number of carboxylic acid groups (broad SMARTS) is 1. The Balaban J connectivity index is 4.05. The van der Waals surface area contributed by atoms with Crippen molar-refractivity contribution in [1.82, 2.24) is 0 Å². The lowest BCUT2D eigenvalue weighted by molar-refractivity contribution is -0.150. The van der Waals surface area contributed by atoms with E-state index >= 15 is 0 Å². The second-order valence-electron chi connectivity index (χ2n) is 13.8. The molecule has 0 aliphatic carbocycles. The number of carboxylic acids is 1. The summed E-state index contributed by atoms with van der Waals surface area (Å²) in [5, 5.41) is 8.72. The number of ether oxygens (including phenoxy) is 1. The van der Waals surface area contributed by atoms with Gasteiger partial charge in [-0.3, -0.25) is 9.59 Å². The van der Waals surface area contributed by atoms with Crippen LogP contribution in [0.5, 0.6) is 0 Å². The maximum Gasteiger partial charge on any atom is 0.306 e. The van der Waals surface area contributed by atoms with Gasteiger partial charge in [0.25, 0.3) is 0 Å². The average Bonchev–Trinajstić information content (AvgIpc) is 3.04. The molecule has 0 heterocycles. The zero-order chi connectivity index (χ0) is 33.6. The van der Waals surface area contributed by atoms with E-state index in [9.17, 15) is 9.59 Å². The Bertz CT molecular complexity index is 698. The lowest BCUT2D eigenvalue weighted by Crippen LogP contribution is -2.18. The van der Waals surface area contributed by atoms with Crippen LogP contribution in [0.1, 0.15) is 226 Å². The van der Waals surface area contributed by atoms with Gasteiger partial charge < -0.3 is 9.84 Å². The second-order valence-corrected chi connectivity index (χ2v) is 13.8. The first-order valence-corrected chi connectivity index (χ1v) is 20.3. The van der Waals surface area contributed by atoms with Crippen molar-refractivity contribution in [1.29, 1.82) is 0 Å². The molecular weight excluding hydrogens is 568 g/mol. The van der Waals surface area contributed by atoms with Gasteiger partial charge in [0, 0.05) is 12.8 Å². The van der Waals surface area contributed by atoms with Gasteiger partial charge in [-0.1, -0.05) is 167 Å². The molecule has 1 unspecified atom stereocenters. The van der Waals surface area contributed by atoms with Gasteiger partial charge in [-0.15, -0.1) is 0 Å². The predicted molar refractivity (Wildman–Crippen MR) is 200 cm³/mol. The van der Waals surface area contributed by atoms with Crippen LogP contribution in [-0.4, -0.2) is 23.1 Å². The summed E-state index contributed by atoms with van der Waals surface area (Å²) < 4.78 is 6.05. The molecule has 0 saturated heterocycles. The number of esters is 1. The van der Waals surface area contributed by atoms with Crippen molar-refractivity contribution in [2.24, 2.45) is 0 Å². The molecule has 0 aromatic rings. The van der Waals surface area contributed by atoms with E-state index in [0.717, 1.165) is 57.8 Å². The number of carbonyl (C=O) groups is 2. The van der Waals surface area contributed by atoms with Gasteiger partial charge in [0.2, 0.25) is 0 Å². The van der Waals surface area contributed by atoms with E-state index in [-0.39, 0.29) is 12.1 Å². The van der Waals surface area contributed by atoms with E-state index in [4.69, 9.17) is 9.84 Å². The van der Waals surface area contributed by atoms with Crippen molar-refractivity contribution in [3.05, 3.63) is 24.3 Å². The van der Waals surface area contributed by atoms with Crippen LogP contribution in [0.3, 0.4) is 0 Å². The maximum atomic E-state index is 12.7. The first kappa shape index (κ1) is 44.4. The highest BCUT2D eigenvalue weighted by Crippen LogP contribution is 2.19. The molecule has 0 aromatic carbocycles. The number of hydrogen-bond donors (Lipinski definition) is 1. The summed E-state index contributed by atoms with van der Waals surface area (Å²) in [6, 6.07) is 0. The number of allylic oxidation sites excluding steroid dienone is 4. The fourth-order valence-corrected chi connectivity index (χ4v) is 6.16. The minimum Gasteiger partial charge on any atom is -0.481 e. The molecule has 0 aromatic heterocycles. The largest absolute Gasteiger partial charge is 0.481 e. The van der Waals surface area contributed by atoms with Gasteiger partial charge in [-0.05, 0) is 70.6 Å². The fourth-order valence-electron chi connectivity index (χ4n) is 6.16. The van der Waals surface area contributed by atoms with Gasteiger partial charge in [0.15, 0.2) is 0 Å².